The molecule has 0 saturated heterocycles. The van der Waals surface area contributed by atoms with Gasteiger partial charge in [0, 0.05) is 18.1 Å². The van der Waals surface area contributed by atoms with Crippen molar-refractivity contribution in [3.8, 4) is 0 Å². The van der Waals surface area contributed by atoms with Crippen LogP contribution in [0.15, 0.2) is 182 Å². The van der Waals surface area contributed by atoms with Crippen LogP contribution < -0.4 is 5.32 Å². The number of carbonyl (C=O) groups is 2. The van der Waals surface area contributed by atoms with Crippen LogP contribution in [-0.2, 0) is 23.8 Å². The topological polar surface area (TPSA) is 55.4 Å². The molecule has 0 fully saturated rings. The molecule has 1 N–H and O–H groups in total. The Kier molecular flexibility index (Phi) is 13.7. The third-order valence-electron chi connectivity index (χ3n) is 9.16. The number of nitrogens with one attached hydrogen (secondary N) is 1. The number of hydrogen-bond acceptors (Lipinski definition) is 7. The van der Waals surface area contributed by atoms with Gasteiger partial charge in [-0.1, -0.05) is 194 Å². The molecule has 0 saturated carbocycles. The lowest BCUT2D eigenvalue weighted by Crippen LogP contribution is -2.42. The van der Waals surface area contributed by atoms with Crippen molar-refractivity contribution in [3.63, 3.8) is 0 Å². The van der Waals surface area contributed by atoms with Crippen molar-refractivity contribution in [1.82, 2.24) is 5.32 Å². The van der Waals surface area contributed by atoms with Crippen molar-refractivity contribution in [2.75, 3.05) is 30.9 Å². The van der Waals surface area contributed by atoms with Gasteiger partial charge in [0.05, 0.1) is 22.4 Å². The zero-order valence-electron chi connectivity index (χ0n) is 29.7. The van der Waals surface area contributed by atoms with Gasteiger partial charge < -0.3 is 10.1 Å². The third-order valence-corrected chi connectivity index (χ3v) is 13.3. The van der Waals surface area contributed by atoms with E-state index in [9.17, 15) is 9.59 Å². The predicted octanol–water partition coefficient (Wildman–Crippen LogP) is 9.83. The largest absolute Gasteiger partial charge is 0.468 e. The van der Waals surface area contributed by atoms with Gasteiger partial charge in [0.2, 0.25) is 0 Å². The Hall–Kier alpha value is -4.53. The van der Waals surface area contributed by atoms with E-state index in [2.05, 4.69) is 115 Å². The lowest BCUT2D eigenvalue weighted by Gasteiger charge is -2.36. The molecule has 0 aliphatic heterocycles. The molecule has 6 aromatic rings. The number of esters is 1. The van der Waals surface area contributed by atoms with Crippen LogP contribution in [0.5, 0.6) is 0 Å². The van der Waals surface area contributed by atoms with Crippen LogP contribution in [0.4, 0.5) is 0 Å². The first kappa shape index (κ1) is 38.2. The van der Waals surface area contributed by atoms with Crippen LogP contribution in [0.3, 0.4) is 0 Å². The number of hydrogen-bond donors (Lipinski definition) is 1. The van der Waals surface area contributed by atoms with Crippen LogP contribution in [0.1, 0.15) is 33.4 Å². The van der Waals surface area contributed by atoms with E-state index in [-0.39, 0.29) is 11.1 Å². The molecule has 0 amide bonds. The smallest absolute Gasteiger partial charge is 0.323 e. The molecule has 1 atom stereocenters. The van der Waals surface area contributed by atoms with Crippen LogP contribution in [0, 0.1) is 0 Å². The number of carbonyl (C=O) groups excluding carboxylic acids is 2. The molecule has 6 aromatic carbocycles. The van der Waals surface area contributed by atoms with Gasteiger partial charge in [0.25, 0.3) is 0 Å². The number of thioether (sulfide) groups is 3. The molecule has 0 bridgehead atoms. The van der Waals surface area contributed by atoms with Gasteiger partial charge in [-0.05, 0) is 33.4 Å². The molecule has 0 radical (unpaired) electrons. The summed E-state index contributed by atoms with van der Waals surface area (Å²) in [4.78, 5) is 27.1. The highest BCUT2D eigenvalue weighted by atomic mass is 32.2. The first-order valence-corrected chi connectivity index (χ1v) is 20.6. The maximum Gasteiger partial charge on any atom is 0.323 e. The van der Waals surface area contributed by atoms with Crippen LogP contribution >= 0.6 is 35.3 Å². The number of benzene rings is 6. The lowest BCUT2D eigenvalue weighted by atomic mass is 9.84. The van der Waals surface area contributed by atoms with E-state index < -0.39 is 15.5 Å². The summed E-state index contributed by atoms with van der Waals surface area (Å²) >= 11 is 4.66. The quantitative estimate of drug-likeness (QED) is 0.0566. The molecule has 0 aromatic heterocycles. The summed E-state index contributed by atoms with van der Waals surface area (Å²) in [6, 6.07) is 61.6. The van der Waals surface area contributed by atoms with E-state index in [1.165, 1.54) is 18.9 Å². The predicted molar refractivity (Wildman–Crippen MR) is 225 cm³/mol. The van der Waals surface area contributed by atoms with Gasteiger partial charge in [-0.25, -0.2) is 0 Å². The highest BCUT2D eigenvalue weighted by Crippen LogP contribution is 2.50. The van der Waals surface area contributed by atoms with E-state index in [0.717, 1.165) is 33.4 Å². The van der Waals surface area contributed by atoms with Crippen LogP contribution in [0.25, 0.3) is 0 Å². The van der Waals surface area contributed by atoms with E-state index in [0.29, 0.717) is 23.8 Å². The molecule has 7 heteroatoms. The minimum Gasteiger partial charge on any atom is -0.468 e. The maximum atomic E-state index is 13.9. The molecule has 0 spiro atoms. The Morgan fingerprint density at radius 1 is 0.547 bits per heavy atom. The zero-order chi connectivity index (χ0) is 36.8. The van der Waals surface area contributed by atoms with Crippen molar-refractivity contribution in [3.05, 3.63) is 215 Å². The third kappa shape index (κ3) is 8.99. The molecule has 6 rings (SSSR count). The van der Waals surface area contributed by atoms with Crippen molar-refractivity contribution in [2.45, 2.75) is 15.5 Å². The van der Waals surface area contributed by atoms with E-state index in [1.54, 1.807) is 23.5 Å². The summed E-state index contributed by atoms with van der Waals surface area (Å²) < 4.78 is 4.04. The Bertz CT molecular complexity index is 1810. The highest BCUT2D eigenvalue weighted by molar-refractivity contribution is 8.16. The normalized spacial score (nSPS) is 12.2. The fourth-order valence-electron chi connectivity index (χ4n) is 6.69. The molecular weight excluding hydrogens is 711 g/mol. The molecular formula is C46H43NO3S3. The zero-order valence-corrected chi connectivity index (χ0v) is 32.1. The van der Waals surface area contributed by atoms with Crippen molar-refractivity contribution in [1.29, 1.82) is 0 Å². The molecule has 4 nitrogen and oxygen atoms in total. The Morgan fingerprint density at radius 3 is 1.23 bits per heavy atom. The van der Waals surface area contributed by atoms with Gasteiger partial charge in [0.15, 0.2) is 5.12 Å². The molecule has 0 aliphatic rings. The van der Waals surface area contributed by atoms with Crippen LogP contribution in [-0.4, -0.2) is 48.0 Å². The minimum atomic E-state index is -0.699. The fraction of sp³-hybridized carbons (Fsp3) is 0.174. The van der Waals surface area contributed by atoms with Crippen molar-refractivity contribution in [2.24, 2.45) is 0 Å². The highest BCUT2D eigenvalue weighted by Gasteiger charge is 2.40. The molecule has 0 unspecified atom stereocenters. The van der Waals surface area contributed by atoms with E-state index in [1.807, 2.05) is 72.8 Å². The maximum absolute atomic E-state index is 13.9. The second kappa shape index (κ2) is 19.0. The summed E-state index contributed by atoms with van der Waals surface area (Å²) in [6.45, 7) is 0.541. The van der Waals surface area contributed by atoms with Gasteiger partial charge in [-0.15, -0.1) is 11.8 Å². The summed E-state index contributed by atoms with van der Waals surface area (Å²) in [5, 5.41) is 3.55. The summed E-state index contributed by atoms with van der Waals surface area (Å²) in [7, 11) is 1.43. The second-order valence-electron chi connectivity index (χ2n) is 12.4. The van der Waals surface area contributed by atoms with Gasteiger partial charge in [-0.3, -0.25) is 9.59 Å². The van der Waals surface area contributed by atoms with Crippen molar-refractivity contribution < 1.29 is 14.3 Å². The summed E-state index contributed by atoms with van der Waals surface area (Å²) in [5.41, 5.74) is 6.57. The first-order valence-electron chi connectivity index (χ1n) is 17.7. The van der Waals surface area contributed by atoms with E-state index >= 15 is 0 Å². The van der Waals surface area contributed by atoms with Gasteiger partial charge >= 0.3 is 5.97 Å². The monoisotopic (exact) mass is 753 g/mol. The Labute approximate surface area is 326 Å². The SMILES string of the molecule is COC(=O)[C@H](CSC(c1ccccc1)(c1ccccc1)c1ccccc1)NCCSCC(=O)SC(c1ccccc1)(c1ccccc1)c1ccccc1. The average molecular weight is 754 g/mol. The lowest BCUT2D eigenvalue weighted by molar-refractivity contribution is -0.142. The molecule has 268 valence electrons. The Morgan fingerprint density at radius 2 is 0.887 bits per heavy atom. The molecule has 0 heterocycles. The van der Waals surface area contributed by atoms with Crippen LogP contribution in [0.2, 0.25) is 0 Å². The number of ether oxygens (including phenoxy) is 1. The minimum absolute atomic E-state index is 0.0880. The summed E-state index contributed by atoms with van der Waals surface area (Å²) in [5.74, 6) is 1.15. The Balaban J connectivity index is 1.15. The van der Waals surface area contributed by atoms with Crippen molar-refractivity contribution >= 4 is 46.4 Å². The fourth-order valence-corrected chi connectivity index (χ4v) is 10.4. The van der Waals surface area contributed by atoms with Gasteiger partial charge in [-0.2, -0.15) is 11.8 Å². The summed E-state index contributed by atoms with van der Waals surface area (Å²) in [6.07, 6.45) is 0. The second-order valence-corrected chi connectivity index (χ2v) is 16.0. The standard InChI is InChI=1S/C46H43NO3S3/c1-50-44(49)42(34-52-45(36-20-8-2-9-21-36,37-22-10-3-11-23-37)38-24-12-4-13-25-38)47-32-33-51-35-43(48)53-46(39-26-14-5-15-27-39,40-28-16-6-17-29-40)41-30-18-7-19-31-41/h2-31,42,47H,32-35H2,1H3/t42-/m0/s1. The average Bonchev–Trinajstić information content (AvgIpc) is 3.24. The first-order chi connectivity index (χ1) is 26.1. The molecule has 53 heavy (non-hydrogen) atoms. The number of methoxy groups -OCH3 is 1. The van der Waals surface area contributed by atoms with E-state index in [4.69, 9.17) is 4.74 Å². The molecule has 0 aliphatic carbocycles. The van der Waals surface area contributed by atoms with Gasteiger partial charge in [0.1, 0.15) is 6.04 Å². The number of rotatable bonds is 17.